The zero-order valence-electron chi connectivity index (χ0n) is 9.77. The molecule has 0 saturated heterocycles. The van der Waals surface area contributed by atoms with E-state index in [9.17, 15) is 10.1 Å². The van der Waals surface area contributed by atoms with Crippen molar-refractivity contribution in [2.75, 3.05) is 5.32 Å². The van der Waals surface area contributed by atoms with Gasteiger partial charge in [0.25, 0.3) is 5.69 Å². The summed E-state index contributed by atoms with van der Waals surface area (Å²) in [5.74, 6) is 0. The summed E-state index contributed by atoms with van der Waals surface area (Å²) >= 11 is 9.19. The number of benzene rings is 2. The molecule has 0 aliphatic carbocycles. The highest BCUT2D eigenvalue weighted by molar-refractivity contribution is 9.10. The number of nitro groups is 1. The van der Waals surface area contributed by atoms with Crippen LogP contribution in [0.5, 0.6) is 0 Å². The highest BCUT2D eigenvalue weighted by Crippen LogP contribution is 2.28. The highest BCUT2D eigenvalue weighted by atomic mass is 79.9. The van der Waals surface area contributed by atoms with Crippen molar-refractivity contribution in [3.63, 3.8) is 0 Å². The number of rotatable bonds is 4. The summed E-state index contributed by atoms with van der Waals surface area (Å²) in [4.78, 5) is 10.5. The maximum Gasteiger partial charge on any atom is 0.292 e. The van der Waals surface area contributed by atoms with Gasteiger partial charge in [0, 0.05) is 22.1 Å². The second kappa shape index (κ2) is 6.04. The van der Waals surface area contributed by atoms with Gasteiger partial charge in [0.15, 0.2) is 0 Å². The Kier molecular flexibility index (Phi) is 4.39. The van der Waals surface area contributed by atoms with Crippen LogP contribution < -0.4 is 5.32 Å². The second-order valence-corrected chi connectivity index (χ2v) is 5.25. The summed E-state index contributed by atoms with van der Waals surface area (Å²) in [6.45, 7) is 0.470. The average molecular weight is 342 g/mol. The van der Waals surface area contributed by atoms with Crippen LogP contribution in [-0.2, 0) is 6.54 Å². The van der Waals surface area contributed by atoms with Crippen LogP contribution in [0.1, 0.15) is 5.56 Å². The summed E-state index contributed by atoms with van der Waals surface area (Å²) in [6, 6.07) is 12.1. The third-order valence-electron chi connectivity index (χ3n) is 2.53. The van der Waals surface area contributed by atoms with Gasteiger partial charge in [-0.05, 0) is 29.8 Å². The average Bonchev–Trinajstić information content (AvgIpc) is 2.36. The molecular formula is C13H10BrClN2O2. The lowest BCUT2D eigenvalue weighted by Crippen LogP contribution is -2.02. The largest absolute Gasteiger partial charge is 0.375 e. The van der Waals surface area contributed by atoms with Gasteiger partial charge in [-0.3, -0.25) is 10.1 Å². The van der Waals surface area contributed by atoms with Crippen LogP contribution in [0, 0.1) is 10.1 Å². The minimum absolute atomic E-state index is 0.0465. The summed E-state index contributed by atoms with van der Waals surface area (Å²) in [5.41, 5.74) is 1.48. The molecule has 2 aromatic rings. The van der Waals surface area contributed by atoms with Gasteiger partial charge in [0.1, 0.15) is 5.69 Å². The Morgan fingerprint density at radius 1 is 1.26 bits per heavy atom. The first kappa shape index (κ1) is 13.8. The molecule has 0 aliphatic rings. The lowest BCUT2D eigenvalue weighted by Gasteiger charge is -2.08. The van der Waals surface area contributed by atoms with Crippen molar-refractivity contribution in [1.29, 1.82) is 0 Å². The fourth-order valence-electron chi connectivity index (χ4n) is 1.65. The van der Waals surface area contributed by atoms with E-state index in [1.54, 1.807) is 18.2 Å². The molecule has 0 unspecified atom stereocenters. The summed E-state index contributed by atoms with van der Waals surface area (Å²) in [6.07, 6.45) is 0. The van der Waals surface area contributed by atoms with E-state index in [2.05, 4.69) is 21.2 Å². The molecule has 0 spiro atoms. The number of nitrogens with zero attached hydrogens (tertiary/aromatic N) is 1. The van der Waals surface area contributed by atoms with Gasteiger partial charge in [-0.1, -0.05) is 39.7 Å². The molecule has 1 N–H and O–H groups in total. The fraction of sp³-hybridized carbons (Fsp3) is 0.0769. The number of halogens is 2. The van der Waals surface area contributed by atoms with Crippen LogP contribution >= 0.6 is 27.5 Å². The molecule has 0 amide bonds. The molecule has 0 aromatic heterocycles. The molecular weight excluding hydrogens is 332 g/mol. The second-order valence-electron chi connectivity index (χ2n) is 3.90. The summed E-state index contributed by atoms with van der Waals surface area (Å²) in [5, 5.41) is 14.6. The Morgan fingerprint density at radius 2 is 2.05 bits per heavy atom. The molecule has 0 atom stereocenters. The van der Waals surface area contributed by atoms with Crippen LogP contribution in [0.4, 0.5) is 11.4 Å². The van der Waals surface area contributed by atoms with Crippen LogP contribution in [0.25, 0.3) is 0 Å². The van der Waals surface area contributed by atoms with Crippen LogP contribution in [0.15, 0.2) is 46.9 Å². The number of hydrogen-bond acceptors (Lipinski definition) is 3. The Morgan fingerprint density at radius 3 is 2.74 bits per heavy atom. The van der Waals surface area contributed by atoms with Gasteiger partial charge < -0.3 is 5.32 Å². The van der Waals surface area contributed by atoms with Crippen molar-refractivity contribution in [2.45, 2.75) is 6.54 Å². The molecule has 4 nitrogen and oxygen atoms in total. The smallest absolute Gasteiger partial charge is 0.292 e. The lowest BCUT2D eigenvalue weighted by atomic mass is 10.2. The maximum absolute atomic E-state index is 10.9. The molecule has 0 heterocycles. The maximum atomic E-state index is 10.9. The van der Waals surface area contributed by atoms with E-state index in [0.29, 0.717) is 17.3 Å². The van der Waals surface area contributed by atoms with E-state index in [1.807, 2.05) is 18.2 Å². The van der Waals surface area contributed by atoms with Crippen molar-refractivity contribution < 1.29 is 4.92 Å². The fourth-order valence-corrected chi connectivity index (χ4v) is 2.23. The molecule has 0 saturated carbocycles. The molecule has 6 heteroatoms. The molecule has 0 radical (unpaired) electrons. The SMILES string of the molecule is O=[N+]([O-])c1ccc(Br)cc1NCc1cccc(Cl)c1. The van der Waals surface area contributed by atoms with Crippen molar-refractivity contribution in [3.05, 3.63) is 67.6 Å². The zero-order chi connectivity index (χ0) is 13.8. The molecule has 19 heavy (non-hydrogen) atoms. The Balaban J connectivity index is 2.19. The van der Waals surface area contributed by atoms with Crippen LogP contribution in [0.3, 0.4) is 0 Å². The van der Waals surface area contributed by atoms with Gasteiger partial charge in [-0.2, -0.15) is 0 Å². The first-order valence-corrected chi connectivity index (χ1v) is 6.65. The van der Waals surface area contributed by atoms with Gasteiger partial charge in [0.2, 0.25) is 0 Å². The standard InChI is InChI=1S/C13H10BrClN2O2/c14-10-4-5-13(17(18)19)12(7-10)16-8-9-2-1-3-11(15)6-9/h1-7,16H,8H2. The minimum Gasteiger partial charge on any atom is -0.375 e. The van der Waals surface area contributed by atoms with E-state index in [4.69, 9.17) is 11.6 Å². The Hall–Kier alpha value is -1.59. The monoisotopic (exact) mass is 340 g/mol. The number of hydrogen-bond donors (Lipinski definition) is 1. The predicted octanol–water partition coefficient (Wildman–Crippen LogP) is 4.62. The summed E-state index contributed by atoms with van der Waals surface area (Å²) in [7, 11) is 0. The van der Waals surface area contributed by atoms with E-state index >= 15 is 0 Å². The van der Waals surface area contributed by atoms with Gasteiger partial charge in [-0.25, -0.2) is 0 Å². The predicted molar refractivity (Wildman–Crippen MR) is 79.6 cm³/mol. The van der Waals surface area contributed by atoms with E-state index in [0.717, 1.165) is 10.0 Å². The Labute approximate surface area is 123 Å². The van der Waals surface area contributed by atoms with E-state index in [-0.39, 0.29) is 5.69 Å². The molecule has 2 rings (SSSR count). The number of nitrogens with one attached hydrogen (secondary N) is 1. The van der Waals surface area contributed by atoms with Gasteiger partial charge in [-0.15, -0.1) is 0 Å². The third-order valence-corrected chi connectivity index (χ3v) is 3.26. The third kappa shape index (κ3) is 3.68. The molecule has 2 aromatic carbocycles. The van der Waals surface area contributed by atoms with Crippen LogP contribution in [0.2, 0.25) is 5.02 Å². The molecule has 0 aliphatic heterocycles. The highest BCUT2D eigenvalue weighted by Gasteiger charge is 2.13. The Bertz CT molecular complexity index is 619. The molecule has 98 valence electrons. The first-order valence-electron chi connectivity index (χ1n) is 5.48. The summed E-state index contributed by atoms with van der Waals surface area (Å²) < 4.78 is 0.784. The normalized spacial score (nSPS) is 10.2. The lowest BCUT2D eigenvalue weighted by molar-refractivity contribution is -0.384. The first-order chi connectivity index (χ1) is 9.06. The zero-order valence-corrected chi connectivity index (χ0v) is 12.1. The molecule has 0 fully saturated rings. The number of nitro benzene ring substituents is 1. The van der Waals surface area contributed by atoms with Crippen molar-refractivity contribution in [1.82, 2.24) is 0 Å². The van der Waals surface area contributed by atoms with Crippen LogP contribution in [-0.4, -0.2) is 4.92 Å². The number of anilines is 1. The molecule has 0 bridgehead atoms. The quantitative estimate of drug-likeness (QED) is 0.652. The van der Waals surface area contributed by atoms with Gasteiger partial charge in [0.05, 0.1) is 4.92 Å². The van der Waals surface area contributed by atoms with E-state index in [1.165, 1.54) is 6.07 Å². The van der Waals surface area contributed by atoms with E-state index < -0.39 is 4.92 Å². The van der Waals surface area contributed by atoms with Crippen molar-refractivity contribution >= 4 is 38.9 Å². The van der Waals surface area contributed by atoms with Crippen molar-refractivity contribution in [3.8, 4) is 0 Å². The van der Waals surface area contributed by atoms with Crippen molar-refractivity contribution in [2.24, 2.45) is 0 Å². The minimum atomic E-state index is -0.410. The topological polar surface area (TPSA) is 55.2 Å². The van der Waals surface area contributed by atoms with Gasteiger partial charge >= 0.3 is 0 Å².